The molecule has 1 aliphatic rings. The Bertz CT molecular complexity index is 328. The molecule has 0 aromatic heterocycles. The van der Waals surface area contributed by atoms with Gasteiger partial charge in [0.05, 0.1) is 4.08 Å². The maximum atomic E-state index is 3.51. The van der Waals surface area contributed by atoms with Gasteiger partial charge in [-0.3, -0.25) is 0 Å². The Kier molecular flexibility index (Phi) is 4.68. The Labute approximate surface area is 115 Å². The van der Waals surface area contributed by atoms with E-state index in [2.05, 4.69) is 70.6 Å². The summed E-state index contributed by atoms with van der Waals surface area (Å²) in [4.78, 5) is 0. The fraction of sp³-hybridized carbons (Fsp3) is 0.538. The van der Waals surface area contributed by atoms with E-state index >= 15 is 0 Å². The van der Waals surface area contributed by atoms with Crippen LogP contribution in [0, 0.1) is 0 Å². The van der Waals surface area contributed by atoms with Crippen molar-refractivity contribution in [3.63, 3.8) is 0 Å². The van der Waals surface area contributed by atoms with Gasteiger partial charge in [0.1, 0.15) is 0 Å². The summed E-state index contributed by atoms with van der Waals surface area (Å²) < 4.78 is 1.52. The Morgan fingerprint density at radius 3 is 2.38 bits per heavy atom. The third-order valence-electron chi connectivity index (χ3n) is 2.90. The number of hydrogen-bond donors (Lipinski definition) is 0. The van der Waals surface area contributed by atoms with Gasteiger partial charge in [-0.1, -0.05) is 47.8 Å². The third kappa shape index (κ3) is 2.80. The second kappa shape index (κ2) is 5.83. The van der Waals surface area contributed by atoms with Gasteiger partial charge in [-0.15, -0.1) is 23.5 Å². The first-order chi connectivity index (χ1) is 7.77. The maximum Gasteiger partial charge on any atom is 0.0860 e. The molecule has 1 saturated heterocycles. The van der Waals surface area contributed by atoms with Gasteiger partial charge >= 0.3 is 0 Å². The monoisotopic (exact) mass is 316 g/mol. The molecule has 0 spiro atoms. The van der Waals surface area contributed by atoms with E-state index in [1.165, 1.54) is 40.8 Å². The molecule has 0 atom stereocenters. The molecule has 1 aromatic carbocycles. The Morgan fingerprint density at radius 1 is 1.19 bits per heavy atom. The van der Waals surface area contributed by atoms with Crippen LogP contribution in [0.15, 0.2) is 28.7 Å². The second-order valence-electron chi connectivity index (χ2n) is 4.06. The summed E-state index contributed by atoms with van der Waals surface area (Å²) in [7, 11) is 0. The number of thioether (sulfide) groups is 2. The van der Waals surface area contributed by atoms with Crippen LogP contribution in [0.3, 0.4) is 0 Å². The van der Waals surface area contributed by atoms with Gasteiger partial charge in [-0.25, -0.2) is 0 Å². The van der Waals surface area contributed by atoms with Crippen molar-refractivity contribution in [2.45, 2.75) is 30.3 Å². The Balaban J connectivity index is 2.21. The van der Waals surface area contributed by atoms with Crippen LogP contribution < -0.4 is 0 Å². The quantitative estimate of drug-likeness (QED) is 0.742. The number of rotatable bonds is 4. The molecule has 1 fully saturated rings. The molecule has 0 radical (unpaired) electrons. The highest BCUT2D eigenvalue weighted by Gasteiger charge is 2.36. The lowest BCUT2D eigenvalue weighted by atomic mass is 10.1. The van der Waals surface area contributed by atoms with E-state index in [9.17, 15) is 0 Å². The van der Waals surface area contributed by atoms with Crippen LogP contribution in [0.1, 0.15) is 31.7 Å². The van der Waals surface area contributed by atoms with Crippen molar-refractivity contribution in [3.8, 4) is 0 Å². The van der Waals surface area contributed by atoms with Crippen molar-refractivity contribution in [1.29, 1.82) is 0 Å². The summed E-state index contributed by atoms with van der Waals surface area (Å²) >= 11 is 7.78. The van der Waals surface area contributed by atoms with Gasteiger partial charge in [-0.05, 0) is 24.1 Å². The predicted octanol–water partition coefficient (Wildman–Crippen LogP) is 5.27. The minimum atomic E-state index is 0.344. The van der Waals surface area contributed by atoms with E-state index in [-0.39, 0.29) is 0 Å². The summed E-state index contributed by atoms with van der Waals surface area (Å²) in [5, 5.41) is 0. The molecule has 88 valence electrons. The summed E-state index contributed by atoms with van der Waals surface area (Å²) in [5.41, 5.74) is 1.50. The first-order valence-corrected chi connectivity index (χ1v) is 8.57. The number of hydrogen-bond acceptors (Lipinski definition) is 2. The predicted molar refractivity (Wildman–Crippen MR) is 80.3 cm³/mol. The topological polar surface area (TPSA) is 0 Å². The fourth-order valence-electron chi connectivity index (χ4n) is 2.02. The van der Waals surface area contributed by atoms with Gasteiger partial charge in [0.25, 0.3) is 0 Å². The first kappa shape index (κ1) is 12.8. The van der Waals surface area contributed by atoms with Gasteiger partial charge in [-0.2, -0.15) is 0 Å². The molecule has 0 N–H and O–H groups in total. The van der Waals surface area contributed by atoms with Gasteiger partial charge in [0.2, 0.25) is 0 Å². The van der Waals surface area contributed by atoms with E-state index in [1.807, 2.05) is 0 Å². The third-order valence-corrected chi connectivity index (χ3v) is 7.02. The lowest BCUT2D eigenvalue weighted by Crippen LogP contribution is -2.14. The molecule has 1 aromatic rings. The largest absolute Gasteiger partial charge is 0.139 e. The lowest BCUT2D eigenvalue weighted by molar-refractivity contribution is 0.678. The molecule has 1 aliphatic heterocycles. The molecule has 3 heteroatoms. The van der Waals surface area contributed by atoms with Crippen molar-refractivity contribution in [3.05, 3.63) is 34.3 Å². The number of unbranched alkanes of at least 4 members (excludes halogenated alkanes) is 1. The highest BCUT2D eigenvalue weighted by Crippen LogP contribution is 2.55. The molecule has 0 unspecified atom stereocenters. The minimum absolute atomic E-state index is 0.344. The fourth-order valence-corrected chi connectivity index (χ4v) is 5.63. The summed E-state index contributed by atoms with van der Waals surface area (Å²) in [6, 6.07) is 8.90. The summed E-state index contributed by atoms with van der Waals surface area (Å²) in [6.45, 7) is 2.28. The summed E-state index contributed by atoms with van der Waals surface area (Å²) in [5.74, 6) is 2.59. The highest BCUT2D eigenvalue weighted by atomic mass is 79.9. The molecular formula is C13H17BrS2. The molecule has 16 heavy (non-hydrogen) atoms. The van der Waals surface area contributed by atoms with Crippen LogP contribution in [0.5, 0.6) is 0 Å². The van der Waals surface area contributed by atoms with Gasteiger partial charge < -0.3 is 0 Å². The SMILES string of the molecule is CCCCC1(c2ccc(Br)cc2)SCCS1. The van der Waals surface area contributed by atoms with Gasteiger partial charge in [0.15, 0.2) is 0 Å². The zero-order valence-electron chi connectivity index (χ0n) is 9.54. The van der Waals surface area contributed by atoms with Crippen molar-refractivity contribution < 1.29 is 0 Å². The number of halogens is 1. The second-order valence-corrected chi connectivity index (χ2v) is 8.02. The van der Waals surface area contributed by atoms with Crippen LogP contribution in [-0.2, 0) is 4.08 Å². The molecule has 1 heterocycles. The van der Waals surface area contributed by atoms with E-state index in [0.29, 0.717) is 4.08 Å². The van der Waals surface area contributed by atoms with Crippen LogP contribution in [0.2, 0.25) is 0 Å². The van der Waals surface area contributed by atoms with Crippen molar-refractivity contribution >= 4 is 39.5 Å². The van der Waals surface area contributed by atoms with E-state index in [0.717, 1.165) is 0 Å². The van der Waals surface area contributed by atoms with Crippen LogP contribution in [0.25, 0.3) is 0 Å². The van der Waals surface area contributed by atoms with Crippen LogP contribution >= 0.6 is 39.5 Å². The number of benzene rings is 1. The Hall–Kier alpha value is 0.400. The molecule has 0 aliphatic carbocycles. The molecule has 2 rings (SSSR count). The molecule has 0 saturated carbocycles. The zero-order valence-corrected chi connectivity index (χ0v) is 12.8. The van der Waals surface area contributed by atoms with Crippen molar-refractivity contribution in [2.75, 3.05) is 11.5 Å². The zero-order chi connectivity index (χ0) is 11.4. The first-order valence-electron chi connectivity index (χ1n) is 5.81. The van der Waals surface area contributed by atoms with E-state index in [4.69, 9.17) is 0 Å². The smallest absolute Gasteiger partial charge is 0.0860 e. The molecule has 0 bridgehead atoms. The average molecular weight is 317 g/mol. The minimum Gasteiger partial charge on any atom is -0.139 e. The standard InChI is InChI=1S/C13H17BrS2/c1-2-3-8-13(15-9-10-16-13)11-4-6-12(14)7-5-11/h4-7H,2-3,8-10H2,1H3. The normalized spacial score (nSPS) is 18.9. The molecular weight excluding hydrogens is 300 g/mol. The summed E-state index contributed by atoms with van der Waals surface area (Å²) in [6.07, 6.45) is 3.93. The molecule has 0 nitrogen and oxygen atoms in total. The lowest BCUT2D eigenvalue weighted by Gasteiger charge is -2.27. The Morgan fingerprint density at radius 2 is 1.81 bits per heavy atom. The maximum absolute atomic E-state index is 3.51. The van der Waals surface area contributed by atoms with Gasteiger partial charge in [0, 0.05) is 16.0 Å². The van der Waals surface area contributed by atoms with E-state index in [1.54, 1.807) is 0 Å². The van der Waals surface area contributed by atoms with Crippen molar-refractivity contribution in [2.24, 2.45) is 0 Å². The van der Waals surface area contributed by atoms with E-state index < -0.39 is 0 Å². The average Bonchev–Trinajstić information content (AvgIpc) is 2.77. The van der Waals surface area contributed by atoms with Crippen LogP contribution in [0.4, 0.5) is 0 Å². The molecule has 0 amide bonds. The van der Waals surface area contributed by atoms with Crippen LogP contribution in [-0.4, -0.2) is 11.5 Å². The van der Waals surface area contributed by atoms with Crippen molar-refractivity contribution in [1.82, 2.24) is 0 Å². The highest BCUT2D eigenvalue weighted by molar-refractivity contribution is 9.10.